The number of hydrogen-bond donors (Lipinski definition) is 0. The van der Waals surface area contributed by atoms with Crippen LogP contribution in [0.5, 0.6) is 0 Å². The number of amides is 1. The van der Waals surface area contributed by atoms with Crippen LogP contribution in [0.1, 0.15) is 35.8 Å². The van der Waals surface area contributed by atoms with E-state index in [0.717, 1.165) is 38.0 Å². The van der Waals surface area contributed by atoms with Crippen LogP contribution in [0.2, 0.25) is 0 Å². The van der Waals surface area contributed by atoms with Crippen LogP contribution in [0.15, 0.2) is 65.3 Å². The highest BCUT2D eigenvalue weighted by Gasteiger charge is 2.22. The van der Waals surface area contributed by atoms with Gasteiger partial charge in [-0.1, -0.05) is 46.3 Å². The summed E-state index contributed by atoms with van der Waals surface area (Å²) < 4.78 is 2.85. The van der Waals surface area contributed by atoms with Crippen LogP contribution < -0.4 is 4.90 Å². The molecule has 0 spiro atoms. The highest BCUT2D eigenvalue weighted by molar-refractivity contribution is 9.10. The Morgan fingerprint density at radius 1 is 1.10 bits per heavy atom. The Morgan fingerprint density at radius 3 is 2.50 bits per heavy atom. The van der Waals surface area contributed by atoms with Crippen molar-refractivity contribution in [3.63, 3.8) is 0 Å². The Hall–Kier alpha value is -2.99. The van der Waals surface area contributed by atoms with Crippen molar-refractivity contribution >= 4 is 38.6 Å². The van der Waals surface area contributed by atoms with Crippen molar-refractivity contribution in [1.82, 2.24) is 14.8 Å². The fourth-order valence-electron chi connectivity index (χ4n) is 3.61. The summed E-state index contributed by atoms with van der Waals surface area (Å²) in [4.78, 5) is 20.2. The second kappa shape index (κ2) is 8.03. The molecule has 5 nitrogen and oxygen atoms in total. The summed E-state index contributed by atoms with van der Waals surface area (Å²) >= 11 is 3.49. The van der Waals surface area contributed by atoms with E-state index < -0.39 is 0 Å². The third kappa shape index (κ3) is 3.63. The van der Waals surface area contributed by atoms with E-state index >= 15 is 0 Å². The quantitative estimate of drug-likeness (QED) is 0.372. The SMILES string of the molecule is Cc1cc(Br)ccc1N(C)C(=O)c1cc(-c2ccccc2)nc2c1cnn2C(C)C. The van der Waals surface area contributed by atoms with Gasteiger partial charge in [0.15, 0.2) is 5.65 Å². The van der Waals surface area contributed by atoms with Gasteiger partial charge in [-0.15, -0.1) is 0 Å². The van der Waals surface area contributed by atoms with Crippen molar-refractivity contribution < 1.29 is 4.79 Å². The number of carbonyl (C=O) groups excluding carboxylic acids is 1. The second-order valence-electron chi connectivity index (χ2n) is 7.64. The minimum Gasteiger partial charge on any atom is -0.311 e. The largest absolute Gasteiger partial charge is 0.311 e. The van der Waals surface area contributed by atoms with Crippen LogP contribution in [-0.2, 0) is 0 Å². The Balaban J connectivity index is 1.89. The van der Waals surface area contributed by atoms with Crippen LogP contribution in [0.4, 0.5) is 5.69 Å². The summed E-state index contributed by atoms with van der Waals surface area (Å²) in [6.07, 6.45) is 1.74. The summed E-state index contributed by atoms with van der Waals surface area (Å²) in [7, 11) is 1.81. The molecule has 0 aliphatic rings. The predicted octanol–water partition coefficient (Wildman–Crippen LogP) is 6.03. The smallest absolute Gasteiger partial charge is 0.258 e. The van der Waals surface area contributed by atoms with Gasteiger partial charge >= 0.3 is 0 Å². The molecular formula is C24H23BrN4O. The maximum absolute atomic E-state index is 13.6. The first kappa shape index (κ1) is 20.3. The Morgan fingerprint density at radius 2 is 1.83 bits per heavy atom. The third-order valence-electron chi connectivity index (χ3n) is 5.18. The number of aryl methyl sites for hydroxylation is 1. The second-order valence-corrected chi connectivity index (χ2v) is 8.55. The van der Waals surface area contributed by atoms with Gasteiger partial charge in [0.1, 0.15) is 0 Å². The molecular weight excluding hydrogens is 440 g/mol. The summed E-state index contributed by atoms with van der Waals surface area (Å²) in [6.45, 7) is 6.11. The molecule has 6 heteroatoms. The molecule has 1 amide bonds. The molecule has 0 bridgehead atoms. The average molecular weight is 463 g/mol. The number of halogens is 1. The summed E-state index contributed by atoms with van der Waals surface area (Å²) in [5.41, 5.74) is 4.92. The van der Waals surface area contributed by atoms with Crippen LogP contribution >= 0.6 is 15.9 Å². The van der Waals surface area contributed by atoms with Crippen molar-refractivity contribution in [1.29, 1.82) is 0 Å². The molecule has 4 aromatic rings. The monoisotopic (exact) mass is 462 g/mol. The maximum atomic E-state index is 13.6. The molecule has 0 unspecified atom stereocenters. The predicted molar refractivity (Wildman–Crippen MR) is 125 cm³/mol. The molecule has 2 aromatic heterocycles. The van der Waals surface area contributed by atoms with Gasteiger partial charge in [-0.25, -0.2) is 9.67 Å². The standard InChI is InChI=1S/C24H23BrN4O/c1-15(2)29-23-20(14-26-29)19(13-21(27-23)17-8-6-5-7-9-17)24(30)28(4)22-11-10-18(25)12-16(22)3/h5-15H,1-4H3. The molecule has 0 saturated heterocycles. The lowest BCUT2D eigenvalue weighted by Crippen LogP contribution is -2.27. The summed E-state index contributed by atoms with van der Waals surface area (Å²) in [5.74, 6) is -0.0895. The normalized spacial score (nSPS) is 11.3. The molecule has 0 radical (unpaired) electrons. The molecule has 0 aliphatic carbocycles. The lowest BCUT2D eigenvalue weighted by Gasteiger charge is -2.21. The van der Waals surface area contributed by atoms with Gasteiger partial charge in [0.2, 0.25) is 0 Å². The van der Waals surface area contributed by atoms with E-state index in [-0.39, 0.29) is 11.9 Å². The van der Waals surface area contributed by atoms with Crippen molar-refractivity contribution in [3.8, 4) is 11.3 Å². The molecule has 0 atom stereocenters. The molecule has 0 aliphatic heterocycles. The number of rotatable bonds is 4. The van der Waals surface area contributed by atoms with Crippen LogP contribution in [0, 0.1) is 6.92 Å². The summed E-state index contributed by atoms with van der Waals surface area (Å²) in [5, 5.41) is 5.27. The number of anilines is 1. The molecule has 0 N–H and O–H groups in total. The third-order valence-corrected chi connectivity index (χ3v) is 5.67. The number of nitrogens with zero attached hydrogens (tertiary/aromatic N) is 4. The van der Waals surface area contributed by atoms with Gasteiger partial charge in [0.05, 0.1) is 22.8 Å². The fourth-order valence-corrected chi connectivity index (χ4v) is 4.09. The van der Waals surface area contributed by atoms with E-state index in [9.17, 15) is 4.79 Å². The van der Waals surface area contributed by atoms with Crippen molar-refractivity contribution in [2.24, 2.45) is 0 Å². The van der Waals surface area contributed by atoms with Crippen molar-refractivity contribution in [2.45, 2.75) is 26.8 Å². The first-order chi connectivity index (χ1) is 14.4. The Kier molecular flexibility index (Phi) is 5.43. The minimum absolute atomic E-state index is 0.0895. The number of benzene rings is 2. The van der Waals surface area contributed by atoms with Crippen LogP contribution in [0.3, 0.4) is 0 Å². The van der Waals surface area contributed by atoms with Crippen LogP contribution in [0.25, 0.3) is 22.3 Å². The number of aromatic nitrogens is 3. The lowest BCUT2D eigenvalue weighted by atomic mass is 10.1. The molecule has 0 fully saturated rings. The first-order valence-electron chi connectivity index (χ1n) is 9.84. The summed E-state index contributed by atoms with van der Waals surface area (Å²) in [6, 6.07) is 17.8. The molecule has 30 heavy (non-hydrogen) atoms. The van der Waals surface area contributed by atoms with Gasteiger partial charge < -0.3 is 4.90 Å². The van der Waals surface area contributed by atoms with Crippen LogP contribution in [-0.4, -0.2) is 27.7 Å². The number of carbonyl (C=O) groups is 1. The van der Waals surface area contributed by atoms with E-state index in [2.05, 4.69) is 34.9 Å². The van der Waals surface area contributed by atoms with E-state index in [0.29, 0.717) is 5.56 Å². The van der Waals surface area contributed by atoms with E-state index in [4.69, 9.17) is 4.98 Å². The van der Waals surface area contributed by atoms with Gasteiger partial charge in [0, 0.05) is 28.8 Å². The zero-order valence-electron chi connectivity index (χ0n) is 17.4. The molecule has 2 heterocycles. The van der Waals surface area contributed by atoms with Gasteiger partial charge in [-0.3, -0.25) is 4.79 Å². The van der Waals surface area contributed by atoms with Crippen molar-refractivity contribution in [3.05, 3.63) is 76.4 Å². The zero-order chi connectivity index (χ0) is 21.4. The first-order valence-corrected chi connectivity index (χ1v) is 10.6. The lowest BCUT2D eigenvalue weighted by molar-refractivity contribution is 0.0994. The Bertz CT molecular complexity index is 1230. The highest BCUT2D eigenvalue weighted by Crippen LogP contribution is 2.29. The topological polar surface area (TPSA) is 51.0 Å². The molecule has 4 rings (SSSR count). The minimum atomic E-state index is -0.0895. The van der Waals surface area contributed by atoms with E-state index in [1.165, 1.54) is 0 Å². The molecule has 2 aromatic carbocycles. The number of pyridine rings is 1. The fraction of sp³-hybridized carbons (Fsp3) is 0.208. The molecule has 152 valence electrons. The maximum Gasteiger partial charge on any atom is 0.258 e. The van der Waals surface area contributed by atoms with Crippen molar-refractivity contribution in [2.75, 3.05) is 11.9 Å². The highest BCUT2D eigenvalue weighted by atomic mass is 79.9. The zero-order valence-corrected chi connectivity index (χ0v) is 19.0. The van der Waals surface area contributed by atoms with E-state index in [1.807, 2.05) is 66.2 Å². The average Bonchev–Trinajstić information content (AvgIpc) is 3.17. The Labute approximate surface area is 184 Å². The van der Waals surface area contributed by atoms with Gasteiger partial charge in [-0.05, 0) is 50.6 Å². The molecule has 0 saturated carbocycles. The van der Waals surface area contributed by atoms with E-state index in [1.54, 1.807) is 18.1 Å². The number of hydrogen-bond acceptors (Lipinski definition) is 3. The number of fused-ring (bicyclic) bond motifs is 1. The van der Waals surface area contributed by atoms with Gasteiger partial charge in [0.25, 0.3) is 5.91 Å². The van der Waals surface area contributed by atoms with Gasteiger partial charge in [-0.2, -0.15) is 5.10 Å².